The number of aryl methyl sites for hydroxylation is 1. The van der Waals surface area contributed by atoms with Gasteiger partial charge in [-0.25, -0.2) is 9.59 Å². The van der Waals surface area contributed by atoms with Crippen LogP contribution >= 0.6 is 0 Å². The van der Waals surface area contributed by atoms with E-state index in [0.717, 1.165) is 11.3 Å². The van der Waals surface area contributed by atoms with E-state index in [0.29, 0.717) is 0 Å². The van der Waals surface area contributed by atoms with Crippen molar-refractivity contribution in [2.24, 2.45) is 5.92 Å². The Labute approximate surface area is 146 Å². The molecular weight excluding hydrogens is 322 g/mol. The van der Waals surface area contributed by atoms with E-state index in [9.17, 15) is 9.59 Å². The molecule has 2 heterocycles. The first-order valence-electron chi connectivity index (χ1n) is 7.83. The van der Waals surface area contributed by atoms with E-state index in [4.69, 9.17) is 0 Å². The number of anilines is 1. The van der Waals surface area contributed by atoms with Crippen LogP contribution in [0.3, 0.4) is 0 Å². The van der Waals surface area contributed by atoms with Crippen molar-refractivity contribution in [2.75, 3.05) is 12.4 Å². The molecule has 2 aromatic heterocycles. The van der Waals surface area contributed by atoms with Gasteiger partial charge < -0.3 is 10.1 Å². The van der Waals surface area contributed by atoms with E-state index in [1.165, 1.54) is 19.2 Å². The number of hydrogen-bond acceptors (Lipinski definition) is 6. The van der Waals surface area contributed by atoms with Crippen LogP contribution in [-0.4, -0.2) is 34.3 Å². The smallest absolute Gasteiger partial charge is 0.358 e. The van der Waals surface area contributed by atoms with Gasteiger partial charge in [0.2, 0.25) is 0 Å². The maximum absolute atomic E-state index is 12.3. The summed E-state index contributed by atoms with van der Waals surface area (Å²) >= 11 is 0. The molecule has 0 aromatic carbocycles. The average Bonchev–Trinajstić information content (AvgIpc) is 2.60. The molecule has 0 fully saturated rings. The summed E-state index contributed by atoms with van der Waals surface area (Å²) in [5.41, 5.74) is 1.89. The third kappa shape index (κ3) is 4.72. The topological polar surface area (TPSA) is 106 Å². The fraction of sp³-hybridized carbons (Fsp3) is 0.353. The zero-order valence-corrected chi connectivity index (χ0v) is 14.6. The summed E-state index contributed by atoms with van der Waals surface area (Å²) in [6.07, 6.45) is 1.70. The van der Waals surface area contributed by atoms with Crippen molar-refractivity contribution in [1.29, 1.82) is 0 Å². The summed E-state index contributed by atoms with van der Waals surface area (Å²) < 4.78 is 4.55. The van der Waals surface area contributed by atoms with Crippen LogP contribution in [0.25, 0.3) is 0 Å². The van der Waals surface area contributed by atoms with Crippen LogP contribution in [0.15, 0.2) is 30.5 Å². The number of carbonyl (C=O) groups excluding carboxylic acids is 2. The van der Waals surface area contributed by atoms with Crippen LogP contribution in [0.4, 0.5) is 10.6 Å². The molecule has 8 nitrogen and oxygen atoms in total. The second kappa shape index (κ2) is 8.18. The molecule has 2 rings (SSSR count). The van der Waals surface area contributed by atoms with E-state index < -0.39 is 12.0 Å². The lowest BCUT2D eigenvalue weighted by molar-refractivity contribution is 0.0593. The lowest BCUT2D eigenvalue weighted by atomic mass is 9.97. The molecule has 2 aromatic rings. The Morgan fingerprint density at radius 1 is 1.16 bits per heavy atom. The molecule has 0 unspecified atom stereocenters. The number of hydrogen-bond donors (Lipinski definition) is 2. The van der Waals surface area contributed by atoms with Crippen molar-refractivity contribution in [3.05, 3.63) is 47.4 Å². The van der Waals surface area contributed by atoms with Crippen LogP contribution < -0.4 is 10.6 Å². The summed E-state index contributed by atoms with van der Waals surface area (Å²) in [6.45, 7) is 5.96. The number of carbonyl (C=O) groups is 2. The zero-order chi connectivity index (χ0) is 18.4. The molecule has 0 radical (unpaired) electrons. The predicted octanol–water partition coefficient (Wildman–Crippen LogP) is 2.49. The van der Waals surface area contributed by atoms with Gasteiger partial charge >= 0.3 is 12.0 Å². The number of aromatic nitrogens is 3. The van der Waals surface area contributed by atoms with Gasteiger partial charge in [0.15, 0.2) is 11.5 Å². The molecule has 0 bridgehead atoms. The maximum atomic E-state index is 12.3. The molecule has 0 aliphatic carbocycles. The second-order valence-corrected chi connectivity index (χ2v) is 5.82. The van der Waals surface area contributed by atoms with E-state index >= 15 is 0 Å². The van der Waals surface area contributed by atoms with Gasteiger partial charge in [0.25, 0.3) is 0 Å². The molecule has 0 aliphatic rings. The van der Waals surface area contributed by atoms with Crippen molar-refractivity contribution >= 4 is 17.8 Å². The highest BCUT2D eigenvalue weighted by Gasteiger charge is 2.21. The first-order chi connectivity index (χ1) is 11.9. The van der Waals surface area contributed by atoms with Crippen molar-refractivity contribution in [1.82, 2.24) is 20.5 Å². The molecule has 0 spiro atoms. The highest BCUT2D eigenvalue weighted by Crippen LogP contribution is 2.22. The Morgan fingerprint density at radius 3 is 2.48 bits per heavy atom. The van der Waals surface area contributed by atoms with Gasteiger partial charge in [-0.05, 0) is 36.6 Å². The van der Waals surface area contributed by atoms with Gasteiger partial charge in [0.1, 0.15) is 0 Å². The van der Waals surface area contributed by atoms with Crippen molar-refractivity contribution < 1.29 is 14.3 Å². The van der Waals surface area contributed by atoms with Crippen LogP contribution in [0.2, 0.25) is 0 Å². The van der Waals surface area contributed by atoms with E-state index in [2.05, 4.69) is 30.6 Å². The molecule has 0 aliphatic heterocycles. The molecule has 1 atom stereocenters. The van der Waals surface area contributed by atoms with Crippen LogP contribution in [0, 0.1) is 12.8 Å². The molecule has 2 N–H and O–H groups in total. The normalized spacial score (nSPS) is 11.7. The van der Waals surface area contributed by atoms with Gasteiger partial charge in [-0.1, -0.05) is 19.9 Å². The van der Waals surface area contributed by atoms with Crippen molar-refractivity contribution in [3.63, 3.8) is 0 Å². The molecule has 8 heteroatoms. The lowest BCUT2D eigenvalue weighted by Crippen LogP contribution is -2.36. The minimum Gasteiger partial charge on any atom is -0.464 e. The average molecular weight is 343 g/mol. The maximum Gasteiger partial charge on any atom is 0.358 e. The summed E-state index contributed by atoms with van der Waals surface area (Å²) in [5, 5.41) is 13.0. The van der Waals surface area contributed by atoms with Gasteiger partial charge in [-0.15, -0.1) is 10.2 Å². The van der Waals surface area contributed by atoms with Crippen molar-refractivity contribution in [2.45, 2.75) is 26.8 Å². The Kier molecular flexibility index (Phi) is 5.99. The third-order valence-electron chi connectivity index (χ3n) is 3.60. The monoisotopic (exact) mass is 343 g/mol. The molecule has 0 saturated heterocycles. The number of esters is 1. The fourth-order valence-corrected chi connectivity index (χ4v) is 2.28. The highest BCUT2D eigenvalue weighted by molar-refractivity contribution is 5.89. The predicted molar refractivity (Wildman–Crippen MR) is 92.1 cm³/mol. The quantitative estimate of drug-likeness (QED) is 0.808. The number of nitrogens with one attached hydrogen (secondary N) is 2. The number of methoxy groups -OCH3 is 1. The van der Waals surface area contributed by atoms with Gasteiger partial charge in [0.05, 0.1) is 18.8 Å². The van der Waals surface area contributed by atoms with Crippen molar-refractivity contribution in [3.8, 4) is 0 Å². The Bertz CT molecular complexity index is 746. The summed E-state index contributed by atoms with van der Waals surface area (Å²) in [6, 6.07) is 6.04. The molecule has 132 valence electrons. The van der Waals surface area contributed by atoms with E-state index in [1.807, 2.05) is 32.9 Å². The number of rotatable bonds is 5. The molecule has 2 amide bonds. The SMILES string of the molecule is COC(=O)c1ccc(NC(=O)N[C@@H](c2ncccc2C)C(C)C)nn1. The van der Waals surface area contributed by atoms with E-state index in [-0.39, 0.29) is 23.5 Å². The summed E-state index contributed by atoms with van der Waals surface area (Å²) in [7, 11) is 1.26. The number of amides is 2. The first-order valence-corrected chi connectivity index (χ1v) is 7.83. The second-order valence-electron chi connectivity index (χ2n) is 5.82. The van der Waals surface area contributed by atoms with Crippen LogP contribution in [-0.2, 0) is 4.74 Å². The summed E-state index contributed by atoms with van der Waals surface area (Å²) in [4.78, 5) is 28.0. The Hall–Kier alpha value is -3.03. The molecular formula is C17H21N5O3. The van der Waals surface area contributed by atoms with Gasteiger partial charge in [0, 0.05) is 6.20 Å². The van der Waals surface area contributed by atoms with Crippen LogP contribution in [0.1, 0.15) is 41.6 Å². The minimum atomic E-state index is -0.589. The van der Waals surface area contributed by atoms with Gasteiger partial charge in [-0.3, -0.25) is 10.3 Å². The molecule has 0 saturated carbocycles. The number of urea groups is 1. The Balaban J connectivity index is 2.07. The standard InChI is InChI=1S/C17H21N5O3/c1-10(2)14(15-11(3)6-5-9-18-15)20-17(24)19-13-8-7-12(21-22-13)16(23)25-4/h5-10,14H,1-4H3,(H2,19,20,22,24)/t14-/m1/s1. The Morgan fingerprint density at radius 2 is 1.92 bits per heavy atom. The molecule has 25 heavy (non-hydrogen) atoms. The van der Waals surface area contributed by atoms with E-state index in [1.54, 1.807) is 6.20 Å². The number of pyridine rings is 1. The summed E-state index contributed by atoms with van der Waals surface area (Å²) in [5.74, 6) is -0.216. The number of nitrogens with zero attached hydrogens (tertiary/aromatic N) is 3. The number of ether oxygens (including phenoxy) is 1. The first kappa shape index (κ1) is 18.3. The van der Waals surface area contributed by atoms with Gasteiger partial charge in [-0.2, -0.15) is 0 Å². The zero-order valence-electron chi connectivity index (χ0n) is 14.6. The highest BCUT2D eigenvalue weighted by atomic mass is 16.5. The largest absolute Gasteiger partial charge is 0.464 e. The van der Waals surface area contributed by atoms with Crippen LogP contribution in [0.5, 0.6) is 0 Å². The fourth-order valence-electron chi connectivity index (χ4n) is 2.28. The minimum absolute atomic E-state index is 0.0672. The third-order valence-corrected chi connectivity index (χ3v) is 3.60. The lowest BCUT2D eigenvalue weighted by Gasteiger charge is -2.23.